The van der Waals surface area contributed by atoms with Gasteiger partial charge in [-0.2, -0.15) is 0 Å². The molecule has 0 aliphatic carbocycles. The van der Waals surface area contributed by atoms with Gasteiger partial charge >= 0.3 is 0 Å². The van der Waals surface area contributed by atoms with E-state index in [0.29, 0.717) is 11.5 Å². The Kier molecular flexibility index (Phi) is 2.52. The van der Waals surface area contributed by atoms with Crippen molar-refractivity contribution in [1.29, 1.82) is 0 Å². The highest BCUT2D eigenvalue weighted by atomic mass is 16.3. The third-order valence-electron chi connectivity index (χ3n) is 3.48. The Labute approximate surface area is 110 Å². The normalized spacial score (nSPS) is 11.1. The SMILES string of the molecule is Cc1[nH]c(-c2cccc3oc(C)c(C)c23)nc1C=O. The average molecular weight is 254 g/mol. The van der Waals surface area contributed by atoms with Gasteiger partial charge in [-0.05, 0) is 32.4 Å². The molecule has 0 unspecified atom stereocenters. The minimum Gasteiger partial charge on any atom is -0.461 e. The van der Waals surface area contributed by atoms with Gasteiger partial charge in [-0.3, -0.25) is 4.79 Å². The molecule has 1 N–H and O–H groups in total. The highest BCUT2D eigenvalue weighted by Crippen LogP contribution is 2.33. The molecule has 0 bridgehead atoms. The summed E-state index contributed by atoms with van der Waals surface area (Å²) in [6.45, 7) is 5.82. The summed E-state index contributed by atoms with van der Waals surface area (Å²) in [7, 11) is 0. The number of aryl methyl sites for hydroxylation is 3. The van der Waals surface area contributed by atoms with Crippen LogP contribution in [-0.4, -0.2) is 16.3 Å². The van der Waals surface area contributed by atoms with Gasteiger partial charge in [-0.15, -0.1) is 0 Å². The minimum atomic E-state index is 0.449. The Morgan fingerprint density at radius 1 is 1.26 bits per heavy atom. The zero-order chi connectivity index (χ0) is 13.6. The number of rotatable bonds is 2. The summed E-state index contributed by atoms with van der Waals surface area (Å²) in [5.74, 6) is 1.61. The van der Waals surface area contributed by atoms with Crippen molar-refractivity contribution >= 4 is 17.3 Å². The number of aromatic amines is 1. The molecule has 0 aliphatic rings. The molecule has 96 valence electrons. The van der Waals surface area contributed by atoms with E-state index >= 15 is 0 Å². The van der Waals surface area contributed by atoms with Gasteiger partial charge in [0.2, 0.25) is 0 Å². The van der Waals surface area contributed by atoms with Gasteiger partial charge < -0.3 is 9.40 Å². The Balaban J connectivity index is 2.32. The molecule has 3 aromatic rings. The highest BCUT2D eigenvalue weighted by molar-refractivity contribution is 5.95. The van der Waals surface area contributed by atoms with Crippen LogP contribution in [0, 0.1) is 20.8 Å². The van der Waals surface area contributed by atoms with Crippen LogP contribution in [0.5, 0.6) is 0 Å². The van der Waals surface area contributed by atoms with Crippen molar-refractivity contribution in [2.45, 2.75) is 20.8 Å². The number of hydrogen-bond donors (Lipinski definition) is 1. The number of nitrogens with one attached hydrogen (secondary N) is 1. The summed E-state index contributed by atoms with van der Waals surface area (Å²) < 4.78 is 5.71. The Morgan fingerprint density at radius 3 is 2.74 bits per heavy atom. The molecular weight excluding hydrogens is 240 g/mol. The largest absolute Gasteiger partial charge is 0.461 e. The second kappa shape index (κ2) is 4.09. The lowest BCUT2D eigenvalue weighted by molar-refractivity contribution is 0.111. The van der Waals surface area contributed by atoms with Crippen LogP contribution in [0.15, 0.2) is 22.6 Å². The lowest BCUT2D eigenvalue weighted by Gasteiger charge is -1.99. The van der Waals surface area contributed by atoms with Crippen molar-refractivity contribution in [3.05, 3.63) is 40.9 Å². The average Bonchev–Trinajstić information content (AvgIpc) is 2.91. The van der Waals surface area contributed by atoms with E-state index in [0.717, 1.165) is 39.8 Å². The summed E-state index contributed by atoms with van der Waals surface area (Å²) >= 11 is 0. The molecule has 0 atom stereocenters. The molecule has 2 aromatic heterocycles. The predicted molar refractivity (Wildman–Crippen MR) is 73.4 cm³/mol. The van der Waals surface area contributed by atoms with E-state index in [4.69, 9.17) is 4.42 Å². The highest BCUT2D eigenvalue weighted by Gasteiger charge is 2.15. The topological polar surface area (TPSA) is 58.9 Å². The first kappa shape index (κ1) is 11.7. The van der Waals surface area contributed by atoms with E-state index in [1.807, 2.05) is 39.0 Å². The van der Waals surface area contributed by atoms with Gasteiger partial charge in [0, 0.05) is 16.6 Å². The molecule has 1 aromatic carbocycles. The fourth-order valence-electron chi connectivity index (χ4n) is 2.33. The zero-order valence-electron chi connectivity index (χ0n) is 11.1. The molecule has 0 radical (unpaired) electrons. The van der Waals surface area contributed by atoms with E-state index < -0.39 is 0 Å². The minimum absolute atomic E-state index is 0.449. The van der Waals surface area contributed by atoms with Gasteiger partial charge in [0.1, 0.15) is 22.9 Å². The van der Waals surface area contributed by atoms with Gasteiger partial charge in [-0.25, -0.2) is 4.98 Å². The maximum atomic E-state index is 10.9. The molecule has 0 saturated heterocycles. The van der Waals surface area contributed by atoms with Crippen molar-refractivity contribution < 1.29 is 9.21 Å². The first-order chi connectivity index (χ1) is 9.11. The van der Waals surface area contributed by atoms with Crippen molar-refractivity contribution in [3.8, 4) is 11.4 Å². The molecule has 2 heterocycles. The first-order valence-electron chi connectivity index (χ1n) is 6.12. The lowest BCUT2D eigenvalue weighted by atomic mass is 10.1. The standard InChI is InChI=1S/C15H14N2O2/c1-8-10(3)19-13-6-4-5-11(14(8)13)15-16-9(2)12(7-18)17-15/h4-7H,1-3H3,(H,16,17). The summed E-state index contributed by atoms with van der Waals surface area (Å²) in [5, 5.41) is 1.05. The number of H-pyrrole nitrogens is 1. The number of carbonyl (C=O) groups excluding carboxylic acids is 1. The maximum Gasteiger partial charge on any atom is 0.170 e. The van der Waals surface area contributed by atoms with Crippen molar-refractivity contribution in [1.82, 2.24) is 9.97 Å². The molecule has 0 fully saturated rings. The summed E-state index contributed by atoms with van der Waals surface area (Å²) in [6, 6.07) is 5.85. The molecule has 4 nitrogen and oxygen atoms in total. The zero-order valence-corrected chi connectivity index (χ0v) is 11.1. The number of aromatic nitrogens is 2. The van der Waals surface area contributed by atoms with E-state index in [1.165, 1.54) is 0 Å². The van der Waals surface area contributed by atoms with Gasteiger partial charge in [0.15, 0.2) is 6.29 Å². The fourth-order valence-corrected chi connectivity index (χ4v) is 2.33. The summed E-state index contributed by atoms with van der Waals surface area (Å²) in [4.78, 5) is 18.4. The first-order valence-corrected chi connectivity index (χ1v) is 6.12. The number of benzene rings is 1. The van der Waals surface area contributed by atoms with Crippen molar-refractivity contribution in [3.63, 3.8) is 0 Å². The molecule has 3 rings (SSSR count). The third-order valence-corrected chi connectivity index (χ3v) is 3.48. The second-order valence-corrected chi connectivity index (χ2v) is 4.68. The van der Waals surface area contributed by atoms with Crippen LogP contribution in [0.3, 0.4) is 0 Å². The number of carbonyl (C=O) groups is 1. The lowest BCUT2D eigenvalue weighted by Crippen LogP contribution is -1.84. The quantitative estimate of drug-likeness (QED) is 0.711. The number of furan rings is 1. The van der Waals surface area contributed by atoms with Crippen LogP contribution in [-0.2, 0) is 0 Å². The van der Waals surface area contributed by atoms with Crippen LogP contribution in [0.25, 0.3) is 22.4 Å². The number of aldehydes is 1. The Bertz CT molecular complexity index is 781. The van der Waals surface area contributed by atoms with Gasteiger partial charge in [0.05, 0.1) is 0 Å². The molecule has 0 saturated carbocycles. The third kappa shape index (κ3) is 1.68. The smallest absolute Gasteiger partial charge is 0.170 e. The van der Waals surface area contributed by atoms with Crippen LogP contribution in [0.1, 0.15) is 27.5 Å². The molecule has 0 aliphatic heterocycles. The second-order valence-electron chi connectivity index (χ2n) is 4.68. The molecule has 4 heteroatoms. The van der Waals surface area contributed by atoms with Crippen LogP contribution >= 0.6 is 0 Å². The Morgan fingerprint density at radius 2 is 2.05 bits per heavy atom. The summed E-state index contributed by atoms with van der Waals surface area (Å²) in [5.41, 5.74) is 4.13. The van der Waals surface area contributed by atoms with Crippen LogP contribution in [0.4, 0.5) is 0 Å². The molecule has 0 spiro atoms. The number of nitrogens with zero attached hydrogens (tertiary/aromatic N) is 1. The summed E-state index contributed by atoms with van der Waals surface area (Å²) in [6.07, 6.45) is 0.767. The number of fused-ring (bicyclic) bond motifs is 1. The van der Waals surface area contributed by atoms with Crippen molar-refractivity contribution in [2.75, 3.05) is 0 Å². The predicted octanol–water partition coefficient (Wildman–Crippen LogP) is 3.56. The van der Waals surface area contributed by atoms with Gasteiger partial charge in [-0.1, -0.05) is 12.1 Å². The molecule has 0 amide bonds. The fraction of sp³-hybridized carbons (Fsp3) is 0.200. The van der Waals surface area contributed by atoms with E-state index in [-0.39, 0.29) is 0 Å². The Hall–Kier alpha value is -2.36. The maximum absolute atomic E-state index is 10.9. The van der Waals surface area contributed by atoms with Gasteiger partial charge in [0.25, 0.3) is 0 Å². The number of imidazole rings is 1. The van der Waals surface area contributed by atoms with Crippen LogP contribution in [0.2, 0.25) is 0 Å². The van der Waals surface area contributed by atoms with Crippen molar-refractivity contribution in [2.24, 2.45) is 0 Å². The number of hydrogen-bond acceptors (Lipinski definition) is 3. The van der Waals surface area contributed by atoms with Crippen LogP contribution < -0.4 is 0 Å². The van der Waals surface area contributed by atoms with E-state index in [9.17, 15) is 4.79 Å². The molecule has 19 heavy (non-hydrogen) atoms. The molecular formula is C15H14N2O2. The monoisotopic (exact) mass is 254 g/mol. The van der Waals surface area contributed by atoms with E-state index in [1.54, 1.807) is 0 Å². The van der Waals surface area contributed by atoms with E-state index in [2.05, 4.69) is 9.97 Å².